The molecule has 1 unspecified atom stereocenters. The highest BCUT2D eigenvalue weighted by atomic mass is 19.1. The van der Waals surface area contributed by atoms with Gasteiger partial charge in [0, 0.05) is 0 Å². The van der Waals surface area contributed by atoms with E-state index in [0.29, 0.717) is 6.42 Å². The van der Waals surface area contributed by atoms with Gasteiger partial charge in [0.2, 0.25) is 0 Å². The number of hydrazine groups is 1. The van der Waals surface area contributed by atoms with Gasteiger partial charge in [0.25, 0.3) is 0 Å². The van der Waals surface area contributed by atoms with Crippen LogP contribution >= 0.6 is 0 Å². The molecule has 0 aromatic carbocycles. The van der Waals surface area contributed by atoms with Crippen LogP contribution in [0.1, 0.15) is 6.42 Å². The van der Waals surface area contributed by atoms with Crippen LogP contribution in [-0.4, -0.2) is 6.04 Å². The first kappa shape index (κ1) is 6.45. The standard InChI is InChI=1S/C6H9FN2/c7-5-3-1-2-4-6(5)9-8/h1-3,6,9H,4,8H2. The molecule has 0 aliphatic heterocycles. The molecule has 0 spiro atoms. The largest absolute Gasteiger partial charge is 0.271 e. The number of rotatable bonds is 1. The van der Waals surface area contributed by atoms with E-state index in [0.717, 1.165) is 0 Å². The van der Waals surface area contributed by atoms with Crippen molar-refractivity contribution >= 4 is 0 Å². The highest BCUT2D eigenvalue weighted by Crippen LogP contribution is 2.12. The zero-order chi connectivity index (χ0) is 6.69. The Labute approximate surface area is 53.2 Å². The molecular weight excluding hydrogens is 119 g/mol. The topological polar surface area (TPSA) is 38.0 Å². The molecule has 0 aromatic heterocycles. The number of hydrogen-bond donors (Lipinski definition) is 2. The van der Waals surface area contributed by atoms with E-state index >= 15 is 0 Å². The molecule has 0 saturated heterocycles. The molecule has 0 aromatic rings. The SMILES string of the molecule is NNC1CC=CC=C1F. The summed E-state index contributed by atoms with van der Waals surface area (Å²) in [5.74, 6) is 4.83. The summed E-state index contributed by atoms with van der Waals surface area (Å²) >= 11 is 0. The molecule has 2 nitrogen and oxygen atoms in total. The van der Waals surface area contributed by atoms with Gasteiger partial charge in [-0.15, -0.1) is 0 Å². The Morgan fingerprint density at radius 1 is 1.78 bits per heavy atom. The second kappa shape index (κ2) is 2.75. The summed E-state index contributed by atoms with van der Waals surface area (Å²) in [6, 6.07) is -0.310. The normalized spacial score (nSPS) is 26.0. The lowest BCUT2D eigenvalue weighted by Crippen LogP contribution is -2.35. The van der Waals surface area contributed by atoms with Gasteiger partial charge >= 0.3 is 0 Å². The first-order valence-electron chi connectivity index (χ1n) is 2.83. The molecule has 3 N–H and O–H groups in total. The van der Waals surface area contributed by atoms with Gasteiger partial charge in [-0.05, 0) is 12.5 Å². The van der Waals surface area contributed by atoms with E-state index < -0.39 is 0 Å². The van der Waals surface area contributed by atoms with E-state index in [1.807, 2.05) is 6.08 Å². The van der Waals surface area contributed by atoms with Crippen LogP contribution in [0.4, 0.5) is 4.39 Å². The minimum Gasteiger partial charge on any atom is -0.271 e. The Morgan fingerprint density at radius 3 is 3.00 bits per heavy atom. The minimum absolute atomic E-state index is 0.194. The first-order chi connectivity index (χ1) is 4.34. The summed E-state index contributed by atoms with van der Waals surface area (Å²) in [6.07, 6.45) is 5.60. The maximum absolute atomic E-state index is 12.5. The van der Waals surface area contributed by atoms with E-state index in [2.05, 4.69) is 5.43 Å². The van der Waals surface area contributed by atoms with Crippen molar-refractivity contribution in [1.29, 1.82) is 0 Å². The second-order valence-electron chi connectivity index (χ2n) is 1.93. The van der Waals surface area contributed by atoms with Crippen LogP contribution in [0.3, 0.4) is 0 Å². The Bertz CT molecular complexity index is 151. The molecule has 0 fully saturated rings. The third-order valence-corrected chi connectivity index (χ3v) is 1.30. The quantitative estimate of drug-likeness (QED) is 0.401. The van der Waals surface area contributed by atoms with Gasteiger partial charge in [0.1, 0.15) is 5.83 Å². The minimum atomic E-state index is -0.310. The highest BCUT2D eigenvalue weighted by molar-refractivity contribution is 5.18. The van der Waals surface area contributed by atoms with Gasteiger partial charge in [-0.2, -0.15) is 0 Å². The van der Waals surface area contributed by atoms with Crippen LogP contribution in [0, 0.1) is 0 Å². The fraction of sp³-hybridized carbons (Fsp3) is 0.333. The van der Waals surface area contributed by atoms with E-state index in [-0.39, 0.29) is 11.9 Å². The van der Waals surface area contributed by atoms with Gasteiger partial charge in [0.15, 0.2) is 0 Å². The van der Waals surface area contributed by atoms with E-state index in [1.54, 1.807) is 6.08 Å². The van der Waals surface area contributed by atoms with E-state index in [9.17, 15) is 4.39 Å². The Balaban J connectivity index is 2.59. The second-order valence-corrected chi connectivity index (χ2v) is 1.93. The lowest BCUT2D eigenvalue weighted by molar-refractivity contribution is 0.471. The number of allylic oxidation sites excluding steroid dienone is 2. The molecule has 3 heteroatoms. The molecule has 0 amide bonds. The molecule has 1 aliphatic rings. The van der Waals surface area contributed by atoms with Crippen LogP contribution in [0.2, 0.25) is 0 Å². The van der Waals surface area contributed by atoms with Crippen molar-refractivity contribution in [3.63, 3.8) is 0 Å². The van der Waals surface area contributed by atoms with Crippen LogP contribution in [0.15, 0.2) is 24.1 Å². The van der Waals surface area contributed by atoms with Crippen molar-refractivity contribution in [1.82, 2.24) is 5.43 Å². The Morgan fingerprint density at radius 2 is 2.56 bits per heavy atom. The van der Waals surface area contributed by atoms with Gasteiger partial charge in [-0.3, -0.25) is 11.3 Å². The highest BCUT2D eigenvalue weighted by Gasteiger charge is 2.11. The predicted octanol–water partition coefficient (Wildman–Crippen LogP) is 0.632. The Hall–Kier alpha value is -0.670. The molecule has 0 bridgehead atoms. The zero-order valence-corrected chi connectivity index (χ0v) is 4.97. The molecule has 0 saturated carbocycles. The number of nitrogens with two attached hydrogens (primary N) is 1. The molecule has 0 heterocycles. The van der Waals surface area contributed by atoms with E-state index in [1.165, 1.54) is 6.08 Å². The van der Waals surface area contributed by atoms with Crippen molar-refractivity contribution in [2.45, 2.75) is 12.5 Å². The van der Waals surface area contributed by atoms with Crippen LogP contribution in [-0.2, 0) is 0 Å². The molecule has 1 atom stereocenters. The van der Waals surface area contributed by atoms with Crippen molar-refractivity contribution < 1.29 is 4.39 Å². The molecule has 9 heavy (non-hydrogen) atoms. The summed E-state index contributed by atoms with van der Waals surface area (Å²) < 4.78 is 12.5. The van der Waals surface area contributed by atoms with Crippen LogP contribution < -0.4 is 11.3 Å². The van der Waals surface area contributed by atoms with Crippen molar-refractivity contribution in [2.24, 2.45) is 5.84 Å². The lowest BCUT2D eigenvalue weighted by atomic mass is 10.1. The van der Waals surface area contributed by atoms with Gasteiger partial charge in [-0.1, -0.05) is 12.2 Å². The van der Waals surface area contributed by atoms with Gasteiger partial charge in [-0.25, -0.2) is 4.39 Å². The van der Waals surface area contributed by atoms with Gasteiger partial charge in [0.05, 0.1) is 6.04 Å². The van der Waals surface area contributed by atoms with Crippen molar-refractivity contribution in [3.8, 4) is 0 Å². The van der Waals surface area contributed by atoms with Crippen molar-refractivity contribution in [3.05, 3.63) is 24.1 Å². The summed E-state index contributed by atoms with van der Waals surface area (Å²) in [7, 11) is 0. The summed E-state index contributed by atoms with van der Waals surface area (Å²) in [6.45, 7) is 0. The average Bonchev–Trinajstić information content (AvgIpc) is 1.89. The third kappa shape index (κ3) is 1.37. The third-order valence-electron chi connectivity index (χ3n) is 1.30. The number of hydrogen-bond acceptors (Lipinski definition) is 2. The monoisotopic (exact) mass is 128 g/mol. The van der Waals surface area contributed by atoms with Crippen LogP contribution in [0.25, 0.3) is 0 Å². The van der Waals surface area contributed by atoms with Crippen molar-refractivity contribution in [2.75, 3.05) is 0 Å². The maximum Gasteiger partial charge on any atom is 0.118 e. The number of halogens is 1. The van der Waals surface area contributed by atoms with Gasteiger partial charge < -0.3 is 0 Å². The molecule has 0 radical (unpaired) electrons. The molecule has 1 rings (SSSR count). The lowest BCUT2D eigenvalue weighted by Gasteiger charge is -2.12. The summed E-state index contributed by atoms with van der Waals surface area (Å²) in [4.78, 5) is 0. The number of nitrogens with one attached hydrogen (secondary N) is 1. The Kier molecular flexibility index (Phi) is 1.97. The zero-order valence-electron chi connectivity index (χ0n) is 4.97. The summed E-state index contributed by atoms with van der Waals surface area (Å²) in [5.41, 5.74) is 2.36. The molecule has 50 valence electrons. The maximum atomic E-state index is 12.5. The average molecular weight is 128 g/mol. The van der Waals surface area contributed by atoms with E-state index in [4.69, 9.17) is 5.84 Å². The molecular formula is C6H9FN2. The smallest absolute Gasteiger partial charge is 0.118 e. The van der Waals surface area contributed by atoms with Crippen LogP contribution in [0.5, 0.6) is 0 Å². The summed E-state index contributed by atoms with van der Waals surface area (Å²) in [5, 5.41) is 0. The predicted molar refractivity (Wildman–Crippen MR) is 34.1 cm³/mol. The fourth-order valence-corrected chi connectivity index (χ4v) is 0.751. The fourth-order valence-electron chi connectivity index (χ4n) is 0.751. The molecule has 1 aliphatic carbocycles. The first-order valence-corrected chi connectivity index (χ1v) is 2.83.